The van der Waals surface area contributed by atoms with Crippen molar-refractivity contribution in [2.75, 3.05) is 13.1 Å². The molecule has 0 rings (SSSR count). The first-order valence-electron chi connectivity index (χ1n) is 4.62. The maximum absolute atomic E-state index is 11.2. The van der Waals surface area contributed by atoms with Crippen LogP contribution >= 0.6 is 0 Å². The summed E-state index contributed by atoms with van der Waals surface area (Å²) in [6.45, 7) is 2.99. The standard InChI is InChI=1S/C8H16B2N2O/c1-7(8(13)6-12-10)4-2-3-5-11-9/h7,11-12H,2-6H2,1H3/t7-/m0/s1. The number of unbranched alkanes of at least 4 members (excludes halogenated alkanes) is 1. The third-order valence-corrected chi connectivity index (χ3v) is 2.03. The highest BCUT2D eigenvalue weighted by atomic mass is 16.1. The average molecular weight is 178 g/mol. The molecule has 0 aromatic rings. The van der Waals surface area contributed by atoms with E-state index in [4.69, 9.17) is 16.0 Å². The quantitative estimate of drug-likeness (QED) is 0.396. The monoisotopic (exact) mass is 178 g/mol. The maximum atomic E-state index is 11.2. The molecule has 0 spiro atoms. The SMILES string of the molecule is [B]NCCCC[C@H](C)C(=O)CN[B]. The van der Waals surface area contributed by atoms with Gasteiger partial charge < -0.3 is 10.5 Å². The van der Waals surface area contributed by atoms with Crippen LogP contribution in [0, 0.1) is 5.92 Å². The van der Waals surface area contributed by atoms with Gasteiger partial charge in [-0.05, 0) is 19.4 Å². The number of nitrogens with one attached hydrogen (secondary N) is 2. The van der Waals surface area contributed by atoms with Crippen molar-refractivity contribution in [1.82, 2.24) is 10.5 Å². The van der Waals surface area contributed by atoms with E-state index in [1.54, 1.807) is 0 Å². The van der Waals surface area contributed by atoms with Gasteiger partial charge in [-0.1, -0.05) is 13.3 Å². The molecule has 70 valence electrons. The Morgan fingerprint density at radius 2 is 2.00 bits per heavy atom. The molecule has 1 atom stereocenters. The molecule has 0 amide bonds. The van der Waals surface area contributed by atoms with Gasteiger partial charge in [0.2, 0.25) is 0 Å². The molecule has 0 heterocycles. The van der Waals surface area contributed by atoms with Gasteiger partial charge in [0.1, 0.15) is 5.78 Å². The number of hydrogen-bond donors (Lipinski definition) is 2. The van der Waals surface area contributed by atoms with Crippen molar-refractivity contribution in [3.63, 3.8) is 0 Å². The zero-order valence-electron chi connectivity index (χ0n) is 8.18. The van der Waals surface area contributed by atoms with Gasteiger partial charge in [0.05, 0.1) is 0 Å². The molecule has 5 heteroatoms. The van der Waals surface area contributed by atoms with Crippen LogP contribution in [0.1, 0.15) is 26.2 Å². The van der Waals surface area contributed by atoms with Crippen LogP contribution in [0.2, 0.25) is 0 Å². The lowest BCUT2D eigenvalue weighted by atomic mass is 9.99. The summed E-state index contributed by atoms with van der Waals surface area (Å²) in [7, 11) is 10.2. The van der Waals surface area contributed by atoms with Crippen LogP contribution in [0.15, 0.2) is 0 Å². The maximum Gasteiger partial charge on any atom is 0.178 e. The minimum absolute atomic E-state index is 0.0915. The predicted octanol–water partition coefficient (Wildman–Crippen LogP) is -0.292. The molecule has 0 aliphatic heterocycles. The first-order valence-corrected chi connectivity index (χ1v) is 4.62. The van der Waals surface area contributed by atoms with E-state index >= 15 is 0 Å². The van der Waals surface area contributed by atoms with Crippen molar-refractivity contribution < 1.29 is 4.79 Å². The van der Waals surface area contributed by atoms with E-state index in [0.717, 1.165) is 25.8 Å². The largest absolute Gasteiger partial charge is 0.366 e. The van der Waals surface area contributed by atoms with Crippen molar-refractivity contribution in [2.45, 2.75) is 26.2 Å². The number of Topliss-reactive ketones (excluding diaryl/α,β-unsaturated/α-hetero) is 1. The van der Waals surface area contributed by atoms with Crippen LogP contribution in [0.4, 0.5) is 0 Å². The molecule has 2 N–H and O–H groups in total. The second-order valence-corrected chi connectivity index (χ2v) is 3.20. The number of carbonyl (C=O) groups is 1. The number of rotatable bonds is 8. The first kappa shape index (κ1) is 12.7. The summed E-state index contributed by atoms with van der Waals surface area (Å²) in [6.07, 6.45) is 2.92. The summed E-state index contributed by atoms with van der Waals surface area (Å²) in [5.74, 6) is 0.261. The Morgan fingerprint density at radius 1 is 1.31 bits per heavy atom. The lowest BCUT2D eigenvalue weighted by Gasteiger charge is -2.09. The van der Waals surface area contributed by atoms with Crippen LogP contribution in [-0.4, -0.2) is 34.8 Å². The van der Waals surface area contributed by atoms with Crippen molar-refractivity contribution >= 4 is 21.7 Å². The van der Waals surface area contributed by atoms with E-state index in [0.29, 0.717) is 0 Å². The Hall–Kier alpha value is -0.280. The third kappa shape index (κ3) is 6.84. The van der Waals surface area contributed by atoms with E-state index < -0.39 is 0 Å². The van der Waals surface area contributed by atoms with Crippen LogP contribution in [0.5, 0.6) is 0 Å². The molecule has 0 unspecified atom stereocenters. The summed E-state index contributed by atoms with van der Waals surface area (Å²) in [5.41, 5.74) is 0. The zero-order chi connectivity index (χ0) is 10.1. The topological polar surface area (TPSA) is 41.1 Å². The average Bonchev–Trinajstić information content (AvgIpc) is 2.12. The molecule has 0 bridgehead atoms. The Morgan fingerprint density at radius 3 is 2.54 bits per heavy atom. The Kier molecular flexibility index (Phi) is 8.14. The third-order valence-electron chi connectivity index (χ3n) is 2.03. The second-order valence-electron chi connectivity index (χ2n) is 3.20. The van der Waals surface area contributed by atoms with Crippen molar-refractivity contribution in [1.29, 1.82) is 0 Å². The number of carbonyl (C=O) groups excluding carboxylic acids is 1. The van der Waals surface area contributed by atoms with Crippen molar-refractivity contribution in [3.8, 4) is 0 Å². The highest BCUT2D eigenvalue weighted by Gasteiger charge is 2.10. The summed E-state index contributed by atoms with van der Waals surface area (Å²) in [5, 5.41) is 4.95. The minimum Gasteiger partial charge on any atom is -0.366 e. The number of hydrogen-bond acceptors (Lipinski definition) is 3. The van der Waals surface area contributed by atoms with E-state index in [1.807, 2.05) is 6.92 Å². The molecule has 3 nitrogen and oxygen atoms in total. The fraction of sp³-hybridized carbons (Fsp3) is 0.875. The molecular weight excluding hydrogens is 162 g/mol. The summed E-state index contributed by atoms with van der Waals surface area (Å²) >= 11 is 0. The highest BCUT2D eigenvalue weighted by molar-refractivity contribution is 6.06. The number of ketones is 1. The predicted molar refractivity (Wildman–Crippen MR) is 55.5 cm³/mol. The van der Waals surface area contributed by atoms with E-state index in [1.165, 1.54) is 0 Å². The van der Waals surface area contributed by atoms with Crippen LogP contribution in [0.25, 0.3) is 0 Å². The lowest BCUT2D eigenvalue weighted by Crippen LogP contribution is -2.25. The zero-order valence-corrected chi connectivity index (χ0v) is 8.18. The molecule has 0 saturated carbocycles. The second kappa shape index (κ2) is 8.32. The molecule has 0 aromatic carbocycles. The van der Waals surface area contributed by atoms with Crippen LogP contribution in [-0.2, 0) is 4.79 Å². The van der Waals surface area contributed by atoms with Crippen LogP contribution in [0.3, 0.4) is 0 Å². The molecule has 4 radical (unpaired) electrons. The fourth-order valence-electron chi connectivity index (χ4n) is 1.11. The van der Waals surface area contributed by atoms with Gasteiger partial charge >= 0.3 is 0 Å². The summed E-state index contributed by atoms with van der Waals surface area (Å²) < 4.78 is 0. The molecule has 0 saturated heterocycles. The molecule has 13 heavy (non-hydrogen) atoms. The molecule has 0 aliphatic carbocycles. The normalized spacial score (nSPS) is 12.7. The summed E-state index contributed by atoms with van der Waals surface area (Å²) in [6, 6.07) is 0. The van der Waals surface area contributed by atoms with Gasteiger partial charge in [0, 0.05) is 12.5 Å². The van der Waals surface area contributed by atoms with Gasteiger partial charge in [-0.2, -0.15) is 0 Å². The van der Waals surface area contributed by atoms with E-state index in [2.05, 4.69) is 10.5 Å². The minimum atomic E-state index is 0.0915. The highest BCUT2D eigenvalue weighted by Crippen LogP contribution is 2.07. The van der Waals surface area contributed by atoms with E-state index in [-0.39, 0.29) is 18.2 Å². The molecule has 0 aromatic heterocycles. The Bertz CT molecular complexity index is 144. The fourth-order valence-corrected chi connectivity index (χ4v) is 1.11. The first-order chi connectivity index (χ1) is 6.22. The van der Waals surface area contributed by atoms with E-state index in [9.17, 15) is 4.79 Å². The van der Waals surface area contributed by atoms with Crippen molar-refractivity contribution in [2.24, 2.45) is 5.92 Å². The Balaban J connectivity index is 3.38. The summed E-state index contributed by atoms with van der Waals surface area (Å²) in [4.78, 5) is 11.2. The molecule has 0 aliphatic rings. The van der Waals surface area contributed by atoms with Gasteiger partial charge in [0.25, 0.3) is 0 Å². The van der Waals surface area contributed by atoms with Gasteiger partial charge in [-0.25, -0.2) is 0 Å². The van der Waals surface area contributed by atoms with Gasteiger partial charge in [-0.3, -0.25) is 4.79 Å². The molecule has 0 fully saturated rings. The Labute approximate surface area is 82.9 Å². The van der Waals surface area contributed by atoms with Gasteiger partial charge in [-0.15, -0.1) is 0 Å². The van der Waals surface area contributed by atoms with Gasteiger partial charge in [0.15, 0.2) is 16.0 Å². The van der Waals surface area contributed by atoms with Crippen molar-refractivity contribution in [3.05, 3.63) is 0 Å². The lowest BCUT2D eigenvalue weighted by molar-refractivity contribution is -0.121. The van der Waals surface area contributed by atoms with Crippen LogP contribution < -0.4 is 10.5 Å². The molecular formula is C8H16B2N2O. The smallest absolute Gasteiger partial charge is 0.178 e.